The van der Waals surface area contributed by atoms with Crippen LogP contribution in [-0.2, 0) is 15.6 Å². The van der Waals surface area contributed by atoms with Gasteiger partial charge in [-0.2, -0.15) is 11.8 Å². The molecule has 0 atom stereocenters. The Kier molecular flexibility index (Phi) is 6.07. The highest BCUT2D eigenvalue weighted by Crippen LogP contribution is 2.14. The number of carbonyl (C=O) groups excluding carboxylic acids is 1. The van der Waals surface area contributed by atoms with E-state index >= 15 is 0 Å². The molecule has 0 bridgehead atoms. The summed E-state index contributed by atoms with van der Waals surface area (Å²) in [5.74, 6) is 1.08. The number of sulfone groups is 1. The molecule has 1 N–H and O–H groups in total. The normalized spacial score (nSPS) is 17.2. The first-order valence-corrected chi connectivity index (χ1v) is 10.00. The van der Waals surface area contributed by atoms with E-state index in [1.165, 1.54) is 22.7 Å². The number of thioether (sulfide) groups is 1. The standard InChI is InChI=1S/C14H19FN2O3S2/c15-13-4-2-1-3-12(13)11-21-8-5-16-14(18)17-6-9-22(19,20)10-7-17/h1-4H,5-11H2,(H,16,18). The van der Waals surface area contributed by atoms with E-state index < -0.39 is 9.84 Å². The van der Waals surface area contributed by atoms with Crippen molar-refractivity contribution in [3.05, 3.63) is 35.6 Å². The third-order valence-corrected chi connectivity index (χ3v) is 5.99. The quantitative estimate of drug-likeness (QED) is 0.821. The number of nitrogens with zero attached hydrogens (tertiary/aromatic N) is 1. The average Bonchev–Trinajstić information content (AvgIpc) is 2.48. The van der Waals surface area contributed by atoms with E-state index in [0.29, 0.717) is 23.6 Å². The van der Waals surface area contributed by atoms with Crippen LogP contribution in [-0.4, -0.2) is 56.2 Å². The molecule has 1 saturated heterocycles. The maximum atomic E-state index is 13.4. The summed E-state index contributed by atoms with van der Waals surface area (Å²) >= 11 is 1.54. The van der Waals surface area contributed by atoms with Crippen molar-refractivity contribution in [2.45, 2.75) is 5.75 Å². The molecule has 1 aliphatic rings. The monoisotopic (exact) mass is 346 g/mol. The molecule has 1 aromatic rings. The van der Waals surface area contributed by atoms with Crippen LogP contribution in [0.4, 0.5) is 9.18 Å². The maximum Gasteiger partial charge on any atom is 0.317 e. The number of nitrogens with one attached hydrogen (secondary N) is 1. The largest absolute Gasteiger partial charge is 0.337 e. The van der Waals surface area contributed by atoms with Crippen molar-refractivity contribution < 1.29 is 17.6 Å². The zero-order valence-electron chi connectivity index (χ0n) is 12.1. The Balaban J connectivity index is 1.63. The van der Waals surface area contributed by atoms with Crippen LogP contribution in [0.5, 0.6) is 0 Å². The fraction of sp³-hybridized carbons (Fsp3) is 0.500. The second-order valence-electron chi connectivity index (χ2n) is 5.01. The van der Waals surface area contributed by atoms with Gasteiger partial charge in [0.1, 0.15) is 5.82 Å². The summed E-state index contributed by atoms with van der Waals surface area (Å²) in [4.78, 5) is 13.4. The van der Waals surface area contributed by atoms with Gasteiger partial charge in [0.15, 0.2) is 9.84 Å². The van der Waals surface area contributed by atoms with Gasteiger partial charge in [-0.25, -0.2) is 17.6 Å². The summed E-state index contributed by atoms with van der Waals surface area (Å²) in [5, 5.41) is 2.76. The number of amides is 2. The van der Waals surface area contributed by atoms with E-state index in [1.54, 1.807) is 18.2 Å². The van der Waals surface area contributed by atoms with E-state index in [9.17, 15) is 17.6 Å². The molecule has 2 amide bonds. The van der Waals surface area contributed by atoms with E-state index in [1.807, 2.05) is 0 Å². The molecule has 0 radical (unpaired) electrons. The van der Waals surface area contributed by atoms with Gasteiger partial charge in [-0.1, -0.05) is 18.2 Å². The lowest BCUT2D eigenvalue weighted by atomic mass is 10.2. The zero-order valence-corrected chi connectivity index (χ0v) is 13.8. The van der Waals surface area contributed by atoms with E-state index in [-0.39, 0.29) is 36.4 Å². The molecule has 5 nitrogen and oxygen atoms in total. The smallest absolute Gasteiger partial charge is 0.317 e. The SMILES string of the molecule is O=C(NCCSCc1ccccc1F)N1CCS(=O)(=O)CC1. The van der Waals surface area contributed by atoms with Crippen molar-refractivity contribution in [2.24, 2.45) is 0 Å². The number of rotatable bonds is 5. The minimum atomic E-state index is -2.97. The summed E-state index contributed by atoms with van der Waals surface area (Å²) in [7, 11) is -2.97. The van der Waals surface area contributed by atoms with Gasteiger partial charge in [0.05, 0.1) is 11.5 Å². The number of benzene rings is 1. The molecule has 0 saturated carbocycles. The highest BCUT2D eigenvalue weighted by Gasteiger charge is 2.24. The van der Waals surface area contributed by atoms with Gasteiger partial charge in [-0.15, -0.1) is 0 Å². The molecule has 1 fully saturated rings. The number of hydrogen-bond donors (Lipinski definition) is 1. The van der Waals surface area contributed by atoms with Crippen LogP contribution >= 0.6 is 11.8 Å². The Labute approximate surface area is 134 Å². The summed E-state index contributed by atoms with van der Waals surface area (Å²) in [6, 6.07) is 6.39. The number of hydrogen-bond acceptors (Lipinski definition) is 4. The second-order valence-corrected chi connectivity index (χ2v) is 8.42. The molecule has 22 heavy (non-hydrogen) atoms. The van der Waals surface area contributed by atoms with Crippen molar-refractivity contribution in [3.63, 3.8) is 0 Å². The van der Waals surface area contributed by atoms with Crippen LogP contribution < -0.4 is 5.32 Å². The van der Waals surface area contributed by atoms with Gasteiger partial charge in [-0.05, 0) is 11.6 Å². The molecule has 0 aromatic heterocycles. The molecule has 8 heteroatoms. The van der Waals surface area contributed by atoms with Crippen LogP contribution in [0.1, 0.15) is 5.56 Å². The van der Waals surface area contributed by atoms with Gasteiger partial charge < -0.3 is 10.2 Å². The van der Waals surface area contributed by atoms with Crippen LogP contribution in [0, 0.1) is 5.82 Å². The van der Waals surface area contributed by atoms with E-state index in [0.717, 1.165) is 0 Å². The molecule has 122 valence electrons. The minimum Gasteiger partial charge on any atom is -0.337 e. The van der Waals surface area contributed by atoms with Gasteiger partial charge in [0.25, 0.3) is 0 Å². The molecule has 0 unspecified atom stereocenters. The fourth-order valence-electron chi connectivity index (χ4n) is 2.06. The van der Waals surface area contributed by atoms with E-state index in [2.05, 4.69) is 5.32 Å². The molecular formula is C14H19FN2O3S2. The van der Waals surface area contributed by atoms with Crippen LogP contribution in [0.25, 0.3) is 0 Å². The van der Waals surface area contributed by atoms with Crippen molar-refractivity contribution in [2.75, 3.05) is 36.9 Å². The van der Waals surface area contributed by atoms with Crippen molar-refractivity contribution in [1.29, 1.82) is 0 Å². The van der Waals surface area contributed by atoms with Gasteiger partial charge in [-0.3, -0.25) is 0 Å². The van der Waals surface area contributed by atoms with E-state index in [4.69, 9.17) is 0 Å². The number of carbonyl (C=O) groups is 1. The fourth-order valence-corrected chi connectivity index (χ4v) is 4.10. The third-order valence-electron chi connectivity index (χ3n) is 3.37. The van der Waals surface area contributed by atoms with Crippen molar-refractivity contribution in [1.82, 2.24) is 10.2 Å². The van der Waals surface area contributed by atoms with Crippen LogP contribution in [0.3, 0.4) is 0 Å². The molecule has 1 heterocycles. The Hall–Kier alpha value is -1.28. The van der Waals surface area contributed by atoms with Crippen molar-refractivity contribution >= 4 is 27.6 Å². The van der Waals surface area contributed by atoms with Gasteiger partial charge in [0.2, 0.25) is 0 Å². The molecule has 1 aliphatic heterocycles. The first kappa shape index (κ1) is 17.1. The lowest BCUT2D eigenvalue weighted by Crippen LogP contribution is -2.48. The predicted octanol–water partition coefficient (Wildman–Crippen LogP) is 1.50. The van der Waals surface area contributed by atoms with Gasteiger partial charge in [0, 0.05) is 31.1 Å². The minimum absolute atomic E-state index is 0.0302. The lowest BCUT2D eigenvalue weighted by Gasteiger charge is -2.26. The summed E-state index contributed by atoms with van der Waals surface area (Å²) in [5.41, 5.74) is 0.653. The van der Waals surface area contributed by atoms with Gasteiger partial charge >= 0.3 is 6.03 Å². The molecule has 0 aliphatic carbocycles. The Morgan fingerprint density at radius 1 is 1.27 bits per heavy atom. The maximum absolute atomic E-state index is 13.4. The van der Waals surface area contributed by atoms with Crippen LogP contribution in [0.15, 0.2) is 24.3 Å². The topological polar surface area (TPSA) is 66.5 Å². The summed E-state index contributed by atoms with van der Waals surface area (Å²) < 4.78 is 36.0. The Morgan fingerprint density at radius 2 is 1.95 bits per heavy atom. The molecule has 1 aromatic carbocycles. The first-order chi connectivity index (χ1) is 10.5. The highest BCUT2D eigenvalue weighted by atomic mass is 32.2. The highest BCUT2D eigenvalue weighted by molar-refractivity contribution is 7.98. The third kappa shape index (κ3) is 5.17. The molecular weight excluding hydrogens is 327 g/mol. The molecule has 0 spiro atoms. The lowest BCUT2D eigenvalue weighted by molar-refractivity contribution is 0.203. The second kappa shape index (κ2) is 7.82. The van der Waals surface area contributed by atoms with Crippen LogP contribution in [0.2, 0.25) is 0 Å². The zero-order chi connectivity index (χ0) is 16.0. The Bertz CT molecular complexity index is 608. The average molecular weight is 346 g/mol. The van der Waals surface area contributed by atoms with Crippen molar-refractivity contribution in [3.8, 4) is 0 Å². The Morgan fingerprint density at radius 3 is 2.64 bits per heavy atom. The number of urea groups is 1. The summed E-state index contributed by atoms with van der Waals surface area (Å²) in [6.07, 6.45) is 0. The predicted molar refractivity (Wildman–Crippen MR) is 86.2 cm³/mol. The number of halogens is 1. The first-order valence-electron chi connectivity index (χ1n) is 7.02. The molecule has 2 rings (SSSR count). The summed E-state index contributed by atoms with van der Waals surface area (Å²) in [6.45, 7) is 0.967.